The Hall–Kier alpha value is -4.28. The minimum atomic E-state index is -0.857. The van der Waals surface area contributed by atoms with Crippen LogP contribution >= 0.6 is 0 Å². The van der Waals surface area contributed by atoms with Crippen LogP contribution in [0.1, 0.15) is 90.9 Å². The monoisotopic (exact) mass is 668 g/mol. The predicted molar refractivity (Wildman–Crippen MR) is 181 cm³/mol. The van der Waals surface area contributed by atoms with Gasteiger partial charge >= 0.3 is 12.1 Å². The maximum atomic E-state index is 13.8. The van der Waals surface area contributed by atoms with Gasteiger partial charge in [0.1, 0.15) is 30.1 Å². The average molecular weight is 669 g/mol. The Morgan fingerprint density at radius 3 is 2.35 bits per heavy atom. The molecule has 0 aromatic heterocycles. The van der Waals surface area contributed by atoms with E-state index in [2.05, 4.69) is 5.32 Å². The molecule has 11 nitrogen and oxygen atoms in total. The van der Waals surface area contributed by atoms with Gasteiger partial charge in [-0.2, -0.15) is 0 Å². The Labute approximate surface area is 284 Å². The first-order chi connectivity index (χ1) is 22.7. The van der Waals surface area contributed by atoms with E-state index < -0.39 is 46.9 Å². The molecule has 2 aromatic carbocycles. The van der Waals surface area contributed by atoms with Gasteiger partial charge in [-0.05, 0) is 94.7 Å². The van der Waals surface area contributed by atoms with E-state index in [0.29, 0.717) is 61.5 Å². The van der Waals surface area contributed by atoms with Crippen LogP contribution < -0.4 is 19.5 Å². The smallest absolute Gasteiger partial charge is 0.407 e. The molecule has 2 amide bonds. The normalized spacial score (nSPS) is 15.6. The van der Waals surface area contributed by atoms with Crippen molar-refractivity contribution in [3.8, 4) is 17.2 Å². The number of esters is 1. The molecular formula is C37H52N2O9. The first-order valence-electron chi connectivity index (χ1n) is 16.7. The van der Waals surface area contributed by atoms with E-state index in [1.165, 1.54) is 4.90 Å². The van der Waals surface area contributed by atoms with Gasteiger partial charge in [0.2, 0.25) is 5.78 Å². The first kappa shape index (κ1) is 38.2. The van der Waals surface area contributed by atoms with Gasteiger partial charge in [-0.15, -0.1) is 0 Å². The number of rotatable bonds is 15. The zero-order valence-corrected chi connectivity index (χ0v) is 29.7. The second-order valence-corrected chi connectivity index (χ2v) is 13.6. The van der Waals surface area contributed by atoms with Gasteiger partial charge in [-0.25, -0.2) is 9.59 Å². The maximum absolute atomic E-state index is 13.8. The fourth-order valence-corrected chi connectivity index (χ4v) is 5.29. The number of hydrogen-bond acceptors (Lipinski definition) is 9. The summed E-state index contributed by atoms with van der Waals surface area (Å²) in [4.78, 5) is 53.7. The number of amides is 2. The van der Waals surface area contributed by atoms with Crippen molar-refractivity contribution in [3.63, 3.8) is 0 Å². The third-order valence-electron chi connectivity index (χ3n) is 8.40. The quantitative estimate of drug-likeness (QED) is 0.134. The van der Waals surface area contributed by atoms with Crippen LogP contribution in [-0.4, -0.2) is 74.2 Å². The average Bonchev–Trinajstić information content (AvgIpc) is 3.06. The topological polar surface area (TPSA) is 130 Å². The van der Waals surface area contributed by atoms with Gasteiger partial charge in [0.15, 0.2) is 11.5 Å². The van der Waals surface area contributed by atoms with Gasteiger partial charge in [0, 0.05) is 12.0 Å². The van der Waals surface area contributed by atoms with Gasteiger partial charge in [-0.3, -0.25) is 9.59 Å². The molecule has 264 valence electrons. The van der Waals surface area contributed by atoms with Crippen LogP contribution in [0.5, 0.6) is 17.2 Å². The molecule has 0 saturated carbocycles. The summed E-state index contributed by atoms with van der Waals surface area (Å²) in [7, 11) is 3.15. The molecule has 1 aliphatic heterocycles. The summed E-state index contributed by atoms with van der Waals surface area (Å²) in [6.07, 6.45) is 2.13. The van der Waals surface area contributed by atoms with E-state index in [1.807, 2.05) is 37.3 Å². The van der Waals surface area contributed by atoms with Crippen LogP contribution in [0, 0.1) is 5.41 Å². The zero-order valence-electron chi connectivity index (χ0n) is 29.7. The van der Waals surface area contributed by atoms with Gasteiger partial charge in [-0.1, -0.05) is 39.0 Å². The van der Waals surface area contributed by atoms with E-state index in [4.69, 9.17) is 23.7 Å². The molecule has 1 aliphatic rings. The maximum Gasteiger partial charge on any atom is 0.407 e. The van der Waals surface area contributed by atoms with Crippen molar-refractivity contribution in [1.82, 2.24) is 10.2 Å². The van der Waals surface area contributed by atoms with E-state index in [-0.39, 0.29) is 13.2 Å². The van der Waals surface area contributed by atoms with Crippen LogP contribution in [0.3, 0.4) is 0 Å². The zero-order chi connectivity index (χ0) is 35.5. The van der Waals surface area contributed by atoms with E-state index in [9.17, 15) is 19.2 Å². The Bertz CT molecular complexity index is 1420. The number of likely N-dealkylation sites (tertiary alicyclic amines) is 1. The third kappa shape index (κ3) is 10.9. The molecule has 2 aromatic rings. The lowest BCUT2D eigenvalue weighted by atomic mass is 9.84. The SMILES string of the molecule is CCC(C)(C)C(=O)C(=O)N1CCCCC1C(=O)OC(CCc1ccc(OC)c(OC)c1)c1cccc(OCCNC(=O)OC(C)(C)C)c1. The molecule has 1 saturated heterocycles. The molecule has 3 rings (SSSR count). The third-order valence-corrected chi connectivity index (χ3v) is 8.40. The second-order valence-electron chi connectivity index (χ2n) is 13.6. The summed E-state index contributed by atoms with van der Waals surface area (Å²) in [5.74, 6) is 0.0531. The molecule has 1 heterocycles. The lowest BCUT2D eigenvalue weighted by molar-refractivity contribution is -0.164. The summed E-state index contributed by atoms with van der Waals surface area (Å²) in [6.45, 7) is 11.5. The standard InChI is InChI=1S/C37H52N2O9/c1-9-37(5,6)32(40)33(41)39-21-11-10-15-28(39)34(42)47-29(18-16-25-17-19-30(44-7)31(23-25)45-8)26-13-12-14-27(24-26)46-22-20-38-35(43)48-36(2,3)4/h12-14,17,19,23-24,28-29H,9-11,15-16,18,20-22H2,1-8H3,(H,38,43). The number of carbonyl (C=O) groups excluding carboxylic acids is 4. The predicted octanol–water partition coefficient (Wildman–Crippen LogP) is 6.21. The minimum absolute atomic E-state index is 0.195. The molecule has 0 radical (unpaired) electrons. The van der Waals surface area contributed by atoms with Crippen LogP contribution in [0.2, 0.25) is 0 Å². The fraction of sp³-hybridized carbons (Fsp3) is 0.568. The lowest BCUT2D eigenvalue weighted by Crippen LogP contribution is -2.53. The molecule has 2 unspecified atom stereocenters. The van der Waals surface area contributed by atoms with Gasteiger partial charge < -0.3 is 33.9 Å². The molecule has 0 spiro atoms. The first-order valence-corrected chi connectivity index (χ1v) is 16.7. The highest BCUT2D eigenvalue weighted by molar-refractivity contribution is 6.38. The van der Waals surface area contributed by atoms with Crippen LogP contribution in [0.15, 0.2) is 42.5 Å². The van der Waals surface area contributed by atoms with E-state index >= 15 is 0 Å². The van der Waals surface area contributed by atoms with Crippen molar-refractivity contribution in [3.05, 3.63) is 53.6 Å². The number of ketones is 1. The minimum Gasteiger partial charge on any atom is -0.493 e. The van der Waals surface area contributed by atoms with Crippen molar-refractivity contribution < 1.29 is 42.9 Å². The highest BCUT2D eigenvalue weighted by Gasteiger charge is 2.41. The number of alkyl carbamates (subject to hydrolysis) is 1. The van der Waals surface area contributed by atoms with Gasteiger partial charge in [0.25, 0.3) is 5.91 Å². The van der Waals surface area contributed by atoms with Crippen molar-refractivity contribution in [1.29, 1.82) is 0 Å². The van der Waals surface area contributed by atoms with Crippen molar-refractivity contribution in [2.45, 2.75) is 97.8 Å². The molecule has 0 aliphatic carbocycles. The summed E-state index contributed by atoms with van der Waals surface area (Å²) in [5.41, 5.74) is 0.231. The molecule has 2 atom stereocenters. The molecule has 0 bridgehead atoms. The van der Waals surface area contributed by atoms with Crippen LogP contribution in [0.4, 0.5) is 4.79 Å². The number of hydrogen-bond donors (Lipinski definition) is 1. The summed E-state index contributed by atoms with van der Waals surface area (Å²) < 4.78 is 28.2. The summed E-state index contributed by atoms with van der Waals surface area (Å²) in [5, 5.41) is 2.67. The highest BCUT2D eigenvalue weighted by atomic mass is 16.6. The molecular weight excluding hydrogens is 616 g/mol. The van der Waals surface area contributed by atoms with Crippen LogP contribution in [0.25, 0.3) is 0 Å². The van der Waals surface area contributed by atoms with Crippen LogP contribution in [-0.2, 0) is 30.3 Å². The Kier molecular flexibility index (Phi) is 13.7. The fourth-order valence-electron chi connectivity index (χ4n) is 5.29. The van der Waals surface area contributed by atoms with Gasteiger partial charge in [0.05, 0.1) is 20.8 Å². The number of nitrogens with zero attached hydrogens (tertiary/aromatic N) is 1. The number of nitrogens with one attached hydrogen (secondary N) is 1. The Morgan fingerprint density at radius 2 is 1.69 bits per heavy atom. The number of piperidine rings is 1. The van der Waals surface area contributed by atoms with Crippen molar-refractivity contribution in [2.75, 3.05) is 33.9 Å². The number of methoxy groups -OCH3 is 2. The molecule has 1 fully saturated rings. The largest absolute Gasteiger partial charge is 0.493 e. The molecule has 11 heteroatoms. The van der Waals surface area contributed by atoms with Crippen molar-refractivity contribution >= 4 is 23.8 Å². The van der Waals surface area contributed by atoms with E-state index in [0.717, 1.165) is 12.0 Å². The molecule has 48 heavy (non-hydrogen) atoms. The number of Topliss-reactive ketones (excluding diaryl/α,β-unsaturated/α-hetero) is 1. The molecule has 1 N–H and O–H groups in total. The second kappa shape index (κ2) is 17.2. The number of ether oxygens (including phenoxy) is 5. The number of carbonyl (C=O) groups is 4. The summed E-state index contributed by atoms with van der Waals surface area (Å²) >= 11 is 0. The number of aryl methyl sites for hydroxylation is 1. The number of benzene rings is 2. The Morgan fingerprint density at radius 1 is 0.958 bits per heavy atom. The Balaban J connectivity index is 1.81. The van der Waals surface area contributed by atoms with E-state index in [1.54, 1.807) is 61.0 Å². The lowest BCUT2D eigenvalue weighted by Gasteiger charge is -2.36. The summed E-state index contributed by atoms with van der Waals surface area (Å²) in [6, 6.07) is 12.0. The highest BCUT2D eigenvalue weighted by Crippen LogP contribution is 2.32. The van der Waals surface area contributed by atoms with Crippen molar-refractivity contribution in [2.24, 2.45) is 5.41 Å².